The second kappa shape index (κ2) is 5.83. The van der Waals surface area contributed by atoms with Crippen molar-refractivity contribution in [2.24, 2.45) is 5.92 Å². The maximum atomic E-state index is 12.5. The van der Waals surface area contributed by atoms with Gasteiger partial charge in [-0.2, -0.15) is 0 Å². The number of rotatable bonds is 2. The highest BCUT2D eigenvalue weighted by atomic mass is 35.5. The summed E-state index contributed by atoms with van der Waals surface area (Å²) in [6, 6.07) is 5.19. The van der Waals surface area contributed by atoms with Crippen LogP contribution in [-0.2, 0) is 4.79 Å². The number of aryl methyl sites for hydroxylation is 1. The lowest BCUT2D eigenvalue weighted by Gasteiger charge is -2.36. The number of nitrogens with zero attached hydrogens (tertiary/aromatic N) is 1. The summed E-state index contributed by atoms with van der Waals surface area (Å²) in [5.41, 5.74) is 1.49. The Morgan fingerprint density at radius 3 is 2.65 bits per heavy atom. The molecule has 1 aromatic rings. The third-order valence-electron chi connectivity index (χ3n) is 3.91. The molecular weight excluding hydrogens is 278 g/mol. The van der Waals surface area contributed by atoms with Crippen LogP contribution >= 0.6 is 11.6 Å². The van der Waals surface area contributed by atoms with Crippen LogP contribution in [0.15, 0.2) is 18.2 Å². The van der Waals surface area contributed by atoms with Crippen LogP contribution in [0, 0.1) is 12.8 Å². The molecule has 2 rings (SSSR count). The summed E-state index contributed by atoms with van der Waals surface area (Å²) < 4.78 is 0. The molecule has 1 heterocycles. The fourth-order valence-corrected chi connectivity index (χ4v) is 2.77. The Hall–Kier alpha value is -1.55. The molecule has 108 valence electrons. The third kappa shape index (κ3) is 2.96. The molecule has 2 unspecified atom stereocenters. The highest BCUT2D eigenvalue weighted by Crippen LogP contribution is 2.25. The number of hydrogen-bond donors (Lipinski definition) is 1. The van der Waals surface area contributed by atoms with Crippen molar-refractivity contribution in [2.45, 2.75) is 32.7 Å². The van der Waals surface area contributed by atoms with Gasteiger partial charge < -0.3 is 10.0 Å². The summed E-state index contributed by atoms with van der Waals surface area (Å²) in [5.74, 6) is -1.21. The Morgan fingerprint density at radius 1 is 1.40 bits per heavy atom. The number of carbonyl (C=O) groups is 2. The van der Waals surface area contributed by atoms with E-state index in [1.54, 1.807) is 17.0 Å². The van der Waals surface area contributed by atoms with Crippen molar-refractivity contribution in [3.63, 3.8) is 0 Å². The Kier molecular flexibility index (Phi) is 4.33. The van der Waals surface area contributed by atoms with E-state index in [0.717, 1.165) is 5.56 Å². The van der Waals surface area contributed by atoms with E-state index >= 15 is 0 Å². The first-order valence-corrected chi connectivity index (χ1v) is 7.08. The molecule has 0 aliphatic carbocycles. The van der Waals surface area contributed by atoms with E-state index in [0.29, 0.717) is 30.0 Å². The lowest BCUT2D eigenvalue weighted by molar-refractivity contribution is -0.143. The molecular formula is C15H18ClNO3. The average molecular weight is 296 g/mol. The zero-order valence-corrected chi connectivity index (χ0v) is 12.4. The molecule has 0 aromatic heterocycles. The summed E-state index contributed by atoms with van der Waals surface area (Å²) >= 11 is 6.05. The van der Waals surface area contributed by atoms with E-state index in [9.17, 15) is 9.59 Å². The molecule has 1 aromatic carbocycles. The van der Waals surface area contributed by atoms with Gasteiger partial charge in [-0.1, -0.05) is 17.7 Å². The zero-order chi connectivity index (χ0) is 14.9. The lowest BCUT2D eigenvalue weighted by atomic mass is 9.91. The van der Waals surface area contributed by atoms with Crippen molar-refractivity contribution in [3.8, 4) is 0 Å². The fraction of sp³-hybridized carbons (Fsp3) is 0.467. The molecule has 2 atom stereocenters. The van der Waals surface area contributed by atoms with Gasteiger partial charge in [0.15, 0.2) is 0 Å². The molecule has 1 aliphatic rings. The van der Waals surface area contributed by atoms with Gasteiger partial charge in [-0.3, -0.25) is 9.59 Å². The predicted molar refractivity (Wildman–Crippen MR) is 77.0 cm³/mol. The first-order chi connectivity index (χ1) is 9.40. The van der Waals surface area contributed by atoms with Crippen molar-refractivity contribution >= 4 is 23.5 Å². The molecule has 1 amide bonds. The SMILES string of the molecule is Cc1ccc(C(=O)N2CCC(C(=O)O)CC2C)cc1Cl. The summed E-state index contributed by atoms with van der Waals surface area (Å²) in [5, 5.41) is 9.62. The number of hydrogen-bond acceptors (Lipinski definition) is 2. The standard InChI is InChI=1S/C15H18ClNO3/c1-9-3-4-11(8-13(9)16)14(18)17-6-5-12(15(19)20)7-10(17)2/h3-4,8,10,12H,5-7H2,1-2H3,(H,19,20). The van der Waals surface area contributed by atoms with Crippen LogP contribution in [-0.4, -0.2) is 34.5 Å². The lowest BCUT2D eigenvalue weighted by Crippen LogP contribution is -2.46. The third-order valence-corrected chi connectivity index (χ3v) is 4.31. The van der Waals surface area contributed by atoms with Crippen LogP contribution in [0.1, 0.15) is 35.7 Å². The minimum atomic E-state index is -0.776. The van der Waals surface area contributed by atoms with Gasteiger partial charge in [-0.25, -0.2) is 0 Å². The van der Waals surface area contributed by atoms with Crippen molar-refractivity contribution in [1.29, 1.82) is 0 Å². The molecule has 0 bridgehead atoms. The minimum absolute atomic E-state index is 0.0718. The van der Waals surface area contributed by atoms with Crippen LogP contribution in [0.4, 0.5) is 0 Å². The van der Waals surface area contributed by atoms with Gasteiger partial charge in [0.1, 0.15) is 0 Å². The summed E-state index contributed by atoms with van der Waals surface area (Å²) in [6.45, 7) is 4.25. The zero-order valence-electron chi connectivity index (χ0n) is 11.6. The van der Waals surface area contributed by atoms with E-state index in [-0.39, 0.29) is 17.9 Å². The summed E-state index contributed by atoms with van der Waals surface area (Å²) in [7, 11) is 0. The largest absolute Gasteiger partial charge is 0.481 e. The molecule has 1 aliphatic heterocycles. The second-order valence-electron chi connectivity index (χ2n) is 5.37. The van der Waals surface area contributed by atoms with Crippen molar-refractivity contribution in [1.82, 2.24) is 4.90 Å². The van der Waals surface area contributed by atoms with Gasteiger partial charge in [0.2, 0.25) is 0 Å². The number of carboxylic acid groups (broad SMARTS) is 1. The quantitative estimate of drug-likeness (QED) is 0.912. The average Bonchev–Trinajstić information content (AvgIpc) is 2.41. The van der Waals surface area contributed by atoms with Crippen molar-refractivity contribution < 1.29 is 14.7 Å². The topological polar surface area (TPSA) is 57.6 Å². The molecule has 0 radical (unpaired) electrons. The molecule has 1 fully saturated rings. The molecule has 0 saturated carbocycles. The maximum absolute atomic E-state index is 12.5. The Morgan fingerprint density at radius 2 is 2.10 bits per heavy atom. The normalized spacial score (nSPS) is 22.6. The Balaban J connectivity index is 2.13. The molecule has 5 heteroatoms. The number of likely N-dealkylation sites (tertiary alicyclic amines) is 1. The van der Waals surface area contributed by atoms with E-state index in [2.05, 4.69) is 0 Å². The van der Waals surface area contributed by atoms with Crippen LogP contribution in [0.25, 0.3) is 0 Å². The first-order valence-electron chi connectivity index (χ1n) is 6.70. The van der Waals surface area contributed by atoms with Crippen molar-refractivity contribution in [2.75, 3.05) is 6.54 Å². The highest BCUT2D eigenvalue weighted by molar-refractivity contribution is 6.31. The number of carboxylic acids is 1. The maximum Gasteiger partial charge on any atom is 0.306 e. The number of aliphatic carboxylic acids is 1. The van der Waals surface area contributed by atoms with Crippen LogP contribution < -0.4 is 0 Å². The van der Waals surface area contributed by atoms with Gasteiger partial charge in [0.05, 0.1) is 5.92 Å². The fourth-order valence-electron chi connectivity index (χ4n) is 2.59. The molecule has 20 heavy (non-hydrogen) atoms. The first kappa shape index (κ1) is 14.9. The van der Waals surface area contributed by atoms with E-state index in [1.807, 2.05) is 19.9 Å². The van der Waals surface area contributed by atoms with Crippen LogP contribution in [0.3, 0.4) is 0 Å². The number of carbonyl (C=O) groups excluding carboxylic acids is 1. The van der Waals surface area contributed by atoms with E-state index in [4.69, 9.17) is 16.7 Å². The number of benzene rings is 1. The summed E-state index contributed by atoms with van der Waals surface area (Å²) in [4.78, 5) is 25.2. The van der Waals surface area contributed by atoms with Gasteiger partial charge in [0, 0.05) is 23.2 Å². The van der Waals surface area contributed by atoms with E-state index < -0.39 is 5.97 Å². The van der Waals surface area contributed by atoms with Gasteiger partial charge in [-0.15, -0.1) is 0 Å². The van der Waals surface area contributed by atoms with Gasteiger partial charge >= 0.3 is 5.97 Å². The second-order valence-corrected chi connectivity index (χ2v) is 5.78. The van der Waals surface area contributed by atoms with Crippen LogP contribution in [0.5, 0.6) is 0 Å². The smallest absolute Gasteiger partial charge is 0.306 e. The number of piperidine rings is 1. The molecule has 4 nitrogen and oxygen atoms in total. The molecule has 1 saturated heterocycles. The number of halogens is 1. The predicted octanol–water partition coefficient (Wildman–Crippen LogP) is 2.97. The van der Waals surface area contributed by atoms with E-state index in [1.165, 1.54) is 0 Å². The Labute approximate surface area is 123 Å². The molecule has 0 spiro atoms. The number of amides is 1. The summed E-state index contributed by atoms with van der Waals surface area (Å²) in [6.07, 6.45) is 1.01. The minimum Gasteiger partial charge on any atom is -0.481 e. The molecule has 1 N–H and O–H groups in total. The van der Waals surface area contributed by atoms with Crippen molar-refractivity contribution in [3.05, 3.63) is 34.3 Å². The van der Waals surface area contributed by atoms with Gasteiger partial charge in [0.25, 0.3) is 5.91 Å². The highest BCUT2D eigenvalue weighted by Gasteiger charge is 2.32. The van der Waals surface area contributed by atoms with Crippen LogP contribution in [0.2, 0.25) is 5.02 Å². The van der Waals surface area contributed by atoms with Gasteiger partial charge in [-0.05, 0) is 44.4 Å². The monoisotopic (exact) mass is 295 g/mol. The Bertz CT molecular complexity index is 544.